The Morgan fingerprint density at radius 2 is 2.35 bits per heavy atom. The summed E-state index contributed by atoms with van der Waals surface area (Å²) < 4.78 is 1.70. The third-order valence-electron chi connectivity index (χ3n) is 3.34. The van der Waals surface area contributed by atoms with Gasteiger partial charge in [-0.25, -0.2) is 4.68 Å². The number of hydrogen-bond acceptors (Lipinski definition) is 5. The molecule has 2 N–H and O–H groups in total. The standard InChI is InChI=1S/C13H17N5OS/c19-13(15-10-3-5-14-6-4-10)12-9-18(17-16-12)8-11-2-1-7-20-11/h1-2,7,9-10,14H,3-6,8H2,(H,15,19). The van der Waals surface area contributed by atoms with Crippen molar-refractivity contribution in [3.05, 3.63) is 34.3 Å². The van der Waals surface area contributed by atoms with Gasteiger partial charge in [-0.15, -0.1) is 16.4 Å². The van der Waals surface area contributed by atoms with Crippen LogP contribution in [0.5, 0.6) is 0 Å². The quantitative estimate of drug-likeness (QED) is 0.877. The number of carbonyl (C=O) groups excluding carboxylic acids is 1. The third kappa shape index (κ3) is 3.23. The highest BCUT2D eigenvalue weighted by Crippen LogP contribution is 2.10. The van der Waals surface area contributed by atoms with Gasteiger partial charge in [0.25, 0.3) is 5.91 Å². The number of nitrogens with zero attached hydrogens (tertiary/aromatic N) is 3. The minimum atomic E-state index is -0.130. The first-order valence-corrected chi connectivity index (χ1v) is 7.63. The molecule has 20 heavy (non-hydrogen) atoms. The van der Waals surface area contributed by atoms with Crippen molar-refractivity contribution in [2.75, 3.05) is 13.1 Å². The van der Waals surface area contributed by atoms with E-state index in [2.05, 4.69) is 20.9 Å². The molecule has 2 aromatic rings. The van der Waals surface area contributed by atoms with Crippen LogP contribution in [0.1, 0.15) is 28.2 Å². The van der Waals surface area contributed by atoms with Crippen LogP contribution in [0, 0.1) is 0 Å². The van der Waals surface area contributed by atoms with Crippen molar-refractivity contribution >= 4 is 17.2 Å². The lowest BCUT2D eigenvalue weighted by molar-refractivity contribution is 0.0924. The predicted molar refractivity (Wildman–Crippen MR) is 76.8 cm³/mol. The van der Waals surface area contributed by atoms with E-state index < -0.39 is 0 Å². The lowest BCUT2D eigenvalue weighted by Gasteiger charge is -2.23. The second kappa shape index (κ2) is 6.15. The summed E-state index contributed by atoms with van der Waals surface area (Å²) in [6, 6.07) is 4.29. The lowest BCUT2D eigenvalue weighted by Crippen LogP contribution is -2.42. The summed E-state index contributed by atoms with van der Waals surface area (Å²) in [6.07, 6.45) is 3.64. The Morgan fingerprint density at radius 1 is 1.50 bits per heavy atom. The highest BCUT2D eigenvalue weighted by atomic mass is 32.1. The summed E-state index contributed by atoms with van der Waals surface area (Å²) in [4.78, 5) is 13.3. The summed E-state index contributed by atoms with van der Waals surface area (Å²) in [5.74, 6) is -0.130. The van der Waals surface area contributed by atoms with Crippen molar-refractivity contribution < 1.29 is 4.79 Å². The molecule has 1 aliphatic heterocycles. The normalized spacial score (nSPS) is 16.2. The Labute approximate surface area is 121 Å². The van der Waals surface area contributed by atoms with Gasteiger partial charge in [0, 0.05) is 10.9 Å². The largest absolute Gasteiger partial charge is 0.348 e. The number of nitrogens with one attached hydrogen (secondary N) is 2. The molecule has 0 spiro atoms. The molecule has 7 heteroatoms. The third-order valence-corrected chi connectivity index (χ3v) is 4.20. The molecule has 0 bridgehead atoms. The molecule has 0 unspecified atom stereocenters. The smallest absolute Gasteiger partial charge is 0.273 e. The molecular weight excluding hydrogens is 274 g/mol. The van der Waals surface area contributed by atoms with Crippen LogP contribution in [-0.2, 0) is 6.54 Å². The second-order valence-electron chi connectivity index (χ2n) is 4.88. The van der Waals surface area contributed by atoms with Gasteiger partial charge in [-0.1, -0.05) is 11.3 Å². The fraction of sp³-hybridized carbons (Fsp3) is 0.462. The van der Waals surface area contributed by atoms with Crippen LogP contribution in [0.3, 0.4) is 0 Å². The van der Waals surface area contributed by atoms with E-state index in [1.54, 1.807) is 22.2 Å². The molecule has 1 saturated heterocycles. The van der Waals surface area contributed by atoms with E-state index in [-0.39, 0.29) is 11.9 Å². The van der Waals surface area contributed by atoms with Crippen LogP contribution in [0.15, 0.2) is 23.7 Å². The predicted octanol–water partition coefficient (Wildman–Crippen LogP) is 0.870. The molecule has 6 nitrogen and oxygen atoms in total. The molecule has 0 aliphatic carbocycles. The number of thiophene rings is 1. The topological polar surface area (TPSA) is 71.8 Å². The second-order valence-corrected chi connectivity index (χ2v) is 5.91. The Balaban J connectivity index is 1.59. The minimum Gasteiger partial charge on any atom is -0.348 e. The number of amides is 1. The van der Waals surface area contributed by atoms with E-state index in [0.29, 0.717) is 12.2 Å². The van der Waals surface area contributed by atoms with Gasteiger partial charge >= 0.3 is 0 Å². The molecular formula is C13H17N5OS. The lowest BCUT2D eigenvalue weighted by atomic mass is 10.1. The van der Waals surface area contributed by atoms with Gasteiger partial charge < -0.3 is 10.6 Å². The number of piperidine rings is 1. The SMILES string of the molecule is O=C(NC1CCNCC1)c1cn(Cc2cccs2)nn1. The van der Waals surface area contributed by atoms with E-state index >= 15 is 0 Å². The van der Waals surface area contributed by atoms with Crippen LogP contribution in [0.2, 0.25) is 0 Å². The van der Waals surface area contributed by atoms with E-state index in [0.717, 1.165) is 25.9 Å². The van der Waals surface area contributed by atoms with Crippen LogP contribution in [-0.4, -0.2) is 40.0 Å². The zero-order chi connectivity index (χ0) is 13.8. The zero-order valence-corrected chi connectivity index (χ0v) is 11.9. The number of hydrogen-bond donors (Lipinski definition) is 2. The van der Waals surface area contributed by atoms with Gasteiger partial charge in [-0.05, 0) is 37.4 Å². The van der Waals surface area contributed by atoms with Gasteiger partial charge in [0.1, 0.15) is 0 Å². The maximum Gasteiger partial charge on any atom is 0.273 e. The Hall–Kier alpha value is -1.73. The highest BCUT2D eigenvalue weighted by Gasteiger charge is 2.18. The molecule has 0 atom stereocenters. The maximum atomic E-state index is 12.1. The molecule has 1 amide bonds. The van der Waals surface area contributed by atoms with Crippen molar-refractivity contribution in [2.24, 2.45) is 0 Å². The number of carbonyl (C=O) groups is 1. The average molecular weight is 291 g/mol. The summed E-state index contributed by atoms with van der Waals surface area (Å²) in [6.45, 7) is 2.57. The molecule has 0 aromatic carbocycles. The fourth-order valence-electron chi connectivity index (χ4n) is 2.27. The Morgan fingerprint density at radius 3 is 3.10 bits per heavy atom. The van der Waals surface area contributed by atoms with Gasteiger partial charge in [0.15, 0.2) is 5.69 Å². The number of aromatic nitrogens is 3. The first-order chi connectivity index (χ1) is 9.81. The Kier molecular flexibility index (Phi) is 4.08. The summed E-state index contributed by atoms with van der Waals surface area (Å²) in [5, 5.41) is 16.3. The maximum absolute atomic E-state index is 12.1. The van der Waals surface area contributed by atoms with Gasteiger partial charge in [-0.2, -0.15) is 0 Å². The first kappa shape index (κ1) is 13.3. The fourth-order valence-corrected chi connectivity index (χ4v) is 2.96. The van der Waals surface area contributed by atoms with Crippen LogP contribution in [0.4, 0.5) is 0 Å². The van der Waals surface area contributed by atoms with Gasteiger partial charge in [0.05, 0.1) is 12.7 Å². The highest BCUT2D eigenvalue weighted by molar-refractivity contribution is 7.09. The Bertz CT molecular complexity index is 559. The molecule has 0 saturated carbocycles. The molecule has 2 aromatic heterocycles. The van der Waals surface area contributed by atoms with Crippen LogP contribution < -0.4 is 10.6 Å². The summed E-state index contributed by atoms with van der Waals surface area (Å²) in [7, 11) is 0. The zero-order valence-electron chi connectivity index (χ0n) is 11.1. The monoisotopic (exact) mass is 291 g/mol. The summed E-state index contributed by atoms with van der Waals surface area (Å²) in [5.41, 5.74) is 0.389. The number of rotatable bonds is 4. The minimum absolute atomic E-state index is 0.130. The van der Waals surface area contributed by atoms with E-state index in [1.807, 2.05) is 17.5 Å². The summed E-state index contributed by atoms with van der Waals surface area (Å²) >= 11 is 1.67. The van der Waals surface area contributed by atoms with Crippen molar-refractivity contribution in [3.63, 3.8) is 0 Å². The van der Waals surface area contributed by atoms with Crippen molar-refractivity contribution in [3.8, 4) is 0 Å². The van der Waals surface area contributed by atoms with Crippen molar-refractivity contribution in [2.45, 2.75) is 25.4 Å². The molecule has 3 heterocycles. The van der Waals surface area contributed by atoms with Crippen molar-refractivity contribution in [1.82, 2.24) is 25.6 Å². The van der Waals surface area contributed by atoms with Crippen LogP contribution >= 0.6 is 11.3 Å². The molecule has 1 aliphatic rings. The average Bonchev–Trinajstić information content (AvgIpc) is 3.12. The van der Waals surface area contributed by atoms with Gasteiger partial charge in [0.2, 0.25) is 0 Å². The molecule has 3 rings (SSSR count). The first-order valence-electron chi connectivity index (χ1n) is 6.75. The molecule has 1 fully saturated rings. The molecule has 106 valence electrons. The van der Waals surface area contributed by atoms with E-state index in [9.17, 15) is 4.79 Å². The van der Waals surface area contributed by atoms with Crippen molar-refractivity contribution in [1.29, 1.82) is 0 Å². The van der Waals surface area contributed by atoms with E-state index in [1.165, 1.54) is 4.88 Å². The van der Waals surface area contributed by atoms with Gasteiger partial charge in [-0.3, -0.25) is 4.79 Å². The van der Waals surface area contributed by atoms with E-state index in [4.69, 9.17) is 0 Å². The molecule has 0 radical (unpaired) electrons. The van der Waals surface area contributed by atoms with Crippen LogP contribution in [0.25, 0.3) is 0 Å².